The lowest BCUT2D eigenvalue weighted by molar-refractivity contribution is 0.0943. The Hall–Kier alpha value is -3.12. The molecule has 1 aromatic carbocycles. The van der Waals surface area contributed by atoms with Crippen LogP contribution in [0.2, 0.25) is 5.02 Å². The van der Waals surface area contributed by atoms with Gasteiger partial charge < -0.3 is 15.1 Å². The highest BCUT2D eigenvalue weighted by atomic mass is 35.5. The molecule has 3 rings (SSSR count). The molecular formula is C18H14ClN3O3. The maximum Gasteiger partial charge on any atom is 0.274 e. The summed E-state index contributed by atoms with van der Waals surface area (Å²) >= 11 is 5.81. The predicted octanol–water partition coefficient (Wildman–Crippen LogP) is 3.51. The van der Waals surface area contributed by atoms with Gasteiger partial charge in [-0.05, 0) is 48.5 Å². The number of hydrogen-bond donors (Lipinski definition) is 2. The maximum atomic E-state index is 12.3. The minimum atomic E-state index is -0.414. The molecule has 2 amide bonds. The molecule has 0 radical (unpaired) electrons. The first kappa shape index (κ1) is 16.7. The minimum absolute atomic E-state index is 0.139. The number of aromatic nitrogens is 1. The van der Waals surface area contributed by atoms with Crippen molar-refractivity contribution in [1.82, 2.24) is 10.3 Å². The van der Waals surface area contributed by atoms with E-state index in [1.165, 1.54) is 18.4 Å². The third-order valence-corrected chi connectivity index (χ3v) is 3.57. The number of anilines is 1. The fourth-order valence-electron chi connectivity index (χ4n) is 2.09. The van der Waals surface area contributed by atoms with E-state index < -0.39 is 11.8 Å². The molecule has 0 atom stereocenters. The van der Waals surface area contributed by atoms with Gasteiger partial charge in [0.25, 0.3) is 11.8 Å². The zero-order valence-corrected chi connectivity index (χ0v) is 13.8. The van der Waals surface area contributed by atoms with Gasteiger partial charge in [-0.15, -0.1) is 0 Å². The fourth-order valence-corrected chi connectivity index (χ4v) is 2.21. The SMILES string of the molecule is O=C(NCc1ccco1)c1cccc(C(=O)Nc2ccc(Cl)cc2)n1. The zero-order valence-electron chi connectivity index (χ0n) is 13.0. The average molecular weight is 356 g/mol. The van der Waals surface area contributed by atoms with Crippen LogP contribution in [0.25, 0.3) is 0 Å². The number of hydrogen-bond acceptors (Lipinski definition) is 4. The average Bonchev–Trinajstić information content (AvgIpc) is 3.15. The largest absolute Gasteiger partial charge is 0.467 e. The lowest BCUT2D eigenvalue weighted by atomic mass is 10.2. The number of amides is 2. The molecule has 0 bridgehead atoms. The van der Waals surface area contributed by atoms with Crippen molar-refractivity contribution in [2.75, 3.05) is 5.32 Å². The third-order valence-electron chi connectivity index (χ3n) is 3.32. The van der Waals surface area contributed by atoms with E-state index in [0.717, 1.165) is 0 Å². The molecule has 6 nitrogen and oxygen atoms in total. The van der Waals surface area contributed by atoms with Gasteiger partial charge in [-0.3, -0.25) is 9.59 Å². The number of nitrogens with one attached hydrogen (secondary N) is 2. The standard InChI is InChI=1S/C18H14ClN3O3/c19-12-6-8-13(9-7-12)21-18(24)16-5-1-4-15(22-16)17(23)20-11-14-3-2-10-25-14/h1-10H,11H2,(H,20,23)(H,21,24). The van der Waals surface area contributed by atoms with E-state index in [0.29, 0.717) is 16.5 Å². The number of nitrogens with zero attached hydrogens (tertiary/aromatic N) is 1. The number of carbonyl (C=O) groups excluding carboxylic acids is 2. The van der Waals surface area contributed by atoms with Gasteiger partial charge in [-0.1, -0.05) is 17.7 Å². The normalized spacial score (nSPS) is 10.3. The summed E-state index contributed by atoms with van der Waals surface area (Å²) in [6.07, 6.45) is 1.53. The second kappa shape index (κ2) is 7.63. The van der Waals surface area contributed by atoms with Crippen molar-refractivity contribution in [3.63, 3.8) is 0 Å². The monoisotopic (exact) mass is 355 g/mol. The number of carbonyl (C=O) groups is 2. The van der Waals surface area contributed by atoms with E-state index in [2.05, 4.69) is 15.6 Å². The number of rotatable bonds is 5. The van der Waals surface area contributed by atoms with Crippen molar-refractivity contribution >= 4 is 29.1 Å². The van der Waals surface area contributed by atoms with Crippen LogP contribution in [0.15, 0.2) is 65.3 Å². The van der Waals surface area contributed by atoms with Crippen molar-refractivity contribution in [2.24, 2.45) is 0 Å². The highest BCUT2D eigenvalue weighted by molar-refractivity contribution is 6.30. The van der Waals surface area contributed by atoms with Crippen molar-refractivity contribution in [3.8, 4) is 0 Å². The van der Waals surface area contributed by atoms with Gasteiger partial charge in [0.1, 0.15) is 17.1 Å². The molecule has 0 fully saturated rings. The molecule has 0 unspecified atom stereocenters. The van der Waals surface area contributed by atoms with E-state index in [-0.39, 0.29) is 17.9 Å². The number of furan rings is 1. The lowest BCUT2D eigenvalue weighted by Crippen LogP contribution is -2.24. The van der Waals surface area contributed by atoms with E-state index in [1.54, 1.807) is 42.5 Å². The van der Waals surface area contributed by atoms with Crippen LogP contribution >= 0.6 is 11.6 Å². The molecular weight excluding hydrogens is 342 g/mol. The quantitative estimate of drug-likeness (QED) is 0.733. The van der Waals surface area contributed by atoms with Gasteiger partial charge in [0.2, 0.25) is 0 Å². The van der Waals surface area contributed by atoms with Gasteiger partial charge in [0.05, 0.1) is 12.8 Å². The first-order valence-electron chi connectivity index (χ1n) is 7.46. The zero-order chi connectivity index (χ0) is 17.6. The van der Waals surface area contributed by atoms with E-state index in [9.17, 15) is 9.59 Å². The first-order chi connectivity index (χ1) is 12.1. The first-order valence-corrected chi connectivity index (χ1v) is 7.84. The van der Waals surface area contributed by atoms with Crippen LogP contribution in [0.5, 0.6) is 0 Å². The summed E-state index contributed by atoms with van der Waals surface area (Å²) in [5, 5.41) is 5.96. The Balaban J connectivity index is 1.66. The Kier molecular flexibility index (Phi) is 5.11. The van der Waals surface area contributed by atoms with Gasteiger partial charge in [-0.25, -0.2) is 4.98 Å². The summed E-state index contributed by atoms with van der Waals surface area (Å²) in [5.74, 6) is -0.175. The Morgan fingerprint density at radius 3 is 2.36 bits per heavy atom. The second-order valence-electron chi connectivity index (χ2n) is 5.13. The Morgan fingerprint density at radius 1 is 0.960 bits per heavy atom. The number of halogens is 1. The predicted molar refractivity (Wildman–Crippen MR) is 93.5 cm³/mol. The number of benzene rings is 1. The van der Waals surface area contributed by atoms with Crippen LogP contribution in [-0.2, 0) is 6.54 Å². The minimum Gasteiger partial charge on any atom is -0.467 e. The molecule has 0 aliphatic rings. The van der Waals surface area contributed by atoms with E-state index >= 15 is 0 Å². The van der Waals surface area contributed by atoms with Crippen LogP contribution < -0.4 is 10.6 Å². The Morgan fingerprint density at radius 2 is 1.68 bits per heavy atom. The molecule has 25 heavy (non-hydrogen) atoms. The maximum absolute atomic E-state index is 12.3. The van der Waals surface area contributed by atoms with Crippen molar-refractivity contribution in [2.45, 2.75) is 6.54 Å². The molecule has 0 aliphatic carbocycles. The molecule has 0 aliphatic heterocycles. The van der Waals surface area contributed by atoms with Crippen LogP contribution in [0.3, 0.4) is 0 Å². The van der Waals surface area contributed by atoms with Crippen molar-refractivity contribution < 1.29 is 14.0 Å². The Bertz CT molecular complexity index is 877. The highest BCUT2D eigenvalue weighted by Crippen LogP contribution is 2.14. The third kappa shape index (κ3) is 4.45. The van der Waals surface area contributed by atoms with Crippen LogP contribution in [0, 0.1) is 0 Å². The van der Waals surface area contributed by atoms with Crippen molar-refractivity contribution in [3.05, 3.63) is 83.0 Å². The smallest absolute Gasteiger partial charge is 0.274 e. The molecule has 0 saturated carbocycles. The fraction of sp³-hybridized carbons (Fsp3) is 0.0556. The Labute approximate surface area is 148 Å². The van der Waals surface area contributed by atoms with Gasteiger partial charge in [0, 0.05) is 10.7 Å². The van der Waals surface area contributed by atoms with Crippen LogP contribution in [0.1, 0.15) is 26.7 Å². The summed E-state index contributed by atoms with van der Waals surface area (Å²) < 4.78 is 5.15. The summed E-state index contributed by atoms with van der Waals surface area (Å²) in [7, 11) is 0. The summed E-state index contributed by atoms with van der Waals surface area (Å²) in [6.45, 7) is 0.245. The molecule has 2 aromatic heterocycles. The molecule has 0 spiro atoms. The molecule has 2 heterocycles. The van der Waals surface area contributed by atoms with E-state index in [1.807, 2.05) is 0 Å². The molecule has 0 saturated heterocycles. The van der Waals surface area contributed by atoms with Crippen molar-refractivity contribution in [1.29, 1.82) is 0 Å². The summed E-state index contributed by atoms with van der Waals surface area (Å²) in [5.41, 5.74) is 0.875. The summed E-state index contributed by atoms with van der Waals surface area (Å²) in [4.78, 5) is 28.5. The molecule has 3 aromatic rings. The van der Waals surface area contributed by atoms with Gasteiger partial charge >= 0.3 is 0 Å². The molecule has 7 heteroatoms. The number of pyridine rings is 1. The van der Waals surface area contributed by atoms with Crippen LogP contribution in [0.4, 0.5) is 5.69 Å². The lowest BCUT2D eigenvalue weighted by Gasteiger charge is -2.07. The summed E-state index contributed by atoms with van der Waals surface area (Å²) in [6, 6.07) is 14.9. The molecule has 2 N–H and O–H groups in total. The topological polar surface area (TPSA) is 84.2 Å². The van der Waals surface area contributed by atoms with Gasteiger partial charge in [-0.2, -0.15) is 0 Å². The van der Waals surface area contributed by atoms with E-state index in [4.69, 9.17) is 16.0 Å². The second-order valence-corrected chi connectivity index (χ2v) is 5.57. The highest BCUT2D eigenvalue weighted by Gasteiger charge is 2.13. The van der Waals surface area contributed by atoms with Crippen LogP contribution in [-0.4, -0.2) is 16.8 Å². The molecule has 126 valence electrons. The van der Waals surface area contributed by atoms with Gasteiger partial charge in [0.15, 0.2) is 0 Å².